The van der Waals surface area contributed by atoms with E-state index in [1.54, 1.807) is 0 Å². The van der Waals surface area contributed by atoms with Crippen LogP contribution in [-0.2, 0) is 9.59 Å². The number of aliphatic hydroxyl groups is 2. The molecular weight excluding hydrogens is 733 g/mol. The maximum absolute atomic E-state index is 13.3. The molecule has 8 aliphatic carbocycles. The van der Waals surface area contributed by atoms with Crippen molar-refractivity contribution < 1.29 is 29.4 Å². The van der Waals surface area contributed by atoms with Crippen LogP contribution in [0.25, 0.3) is 0 Å². The molecule has 6 N–H and O–H groups in total. The predicted octanol–water partition coefficient (Wildman–Crippen LogP) is 5.97. The molecule has 4 unspecified atom stereocenters. The lowest BCUT2D eigenvalue weighted by Gasteiger charge is -2.58. The fraction of sp³-hybridized carbons (Fsp3) is 0.652. The third-order valence-electron chi connectivity index (χ3n) is 15.5. The second-order valence-electron chi connectivity index (χ2n) is 19.6. The Morgan fingerprint density at radius 3 is 1.26 bits per heavy atom. The highest BCUT2D eigenvalue weighted by molar-refractivity contribution is 5.90. The van der Waals surface area contributed by atoms with E-state index in [1.807, 2.05) is 70.5 Å². The maximum atomic E-state index is 13.3. The minimum Gasteiger partial charge on any atom is -0.393 e. The number of carbonyl (C=O) groups is 4. The monoisotopic (exact) mass is 794 g/mol. The Kier molecular flexibility index (Phi) is 10.9. The van der Waals surface area contributed by atoms with E-state index in [1.165, 1.54) is 0 Å². The van der Waals surface area contributed by atoms with Crippen LogP contribution in [0.4, 0.5) is 21.0 Å². The molecule has 2 aromatic rings. The quantitative estimate of drug-likeness (QED) is 0.211. The number of para-hydroxylation sites is 2. The zero-order chi connectivity index (χ0) is 40.0. The van der Waals surface area contributed by atoms with E-state index in [4.69, 9.17) is 0 Å². The van der Waals surface area contributed by atoms with Crippen LogP contribution in [0.2, 0.25) is 0 Å². The third kappa shape index (κ3) is 7.95. The number of rotatable bonds is 6. The first kappa shape index (κ1) is 39.3. The molecule has 8 saturated carbocycles. The van der Waals surface area contributed by atoms with E-state index >= 15 is 0 Å². The number of aliphatic hydroxyl groups excluding tert-OH is 2. The van der Waals surface area contributed by atoms with Crippen molar-refractivity contribution in [2.75, 3.05) is 36.8 Å². The minimum atomic E-state index is -0.287. The van der Waals surface area contributed by atoms with Crippen molar-refractivity contribution in [3.8, 4) is 0 Å². The van der Waals surface area contributed by atoms with Crippen LogP contribution in [-0.4, -0.2) is 94.4 Å². The van der Waals surface area contributed by atoms with Gasteiger partial charge in [0.05, 0.1) is 23.0 Å². The van der Waals surface area contributed by atoms with Crippen molar-refractivity contribution in [1.29, 1.82) is 0 Å². The number of hydrogen-bond acceptors (Lipinski definition) is 6. The lowest BCUT2D eigenvalue weighted by Crippen LogP contribution is -2.60. The number of nitrogens with one attached hydrogen (secondary N) is 4. The van der Waals surface area contributed by atoms with Crippen molar-refractivity contribution in [2.24, 2.45) is 46.3 Å². The van der Waals surface area contributed by atoms with Crippen LogP contribution < -0.4 is 21.3 Å². The Morgan fingerprint density at radius 2 is 0.897 bits per heavy atom. The van der Waals surface area contributed by atoms with Gasteiger partial charge >= 0.3 is 12.1 Å². The Hall–Kier alpha value is -4.16. The van der Waals surface area contributed by atoms with Gasteiger partial charge in [0.15, 0.2) is 0 Å². The van der Waals surface area contributed by atoms with E-state index in [0.717, 1.165) is 101 Å². The fourth-order valence-electron chi connectivity index (χ4n) is 13.2. The number of likely N-dealkylation sites (tertiary alicyclic amines) is 2. The van der Waals surface area contributed by atoms with Crippen molar-refractivity contribution in [2.45, 2.75) is 114 Å². The van der Waals surface area contributed by atoms with Gasteiger partial charge in [-0.15, -0.1) is 0 Å². The van der Waals surface area contributed by atoms with Gasteiger partial charge in [-0.1, -0.05) is 36.4 Å². The molecule has 6 atom stereocenters. The molecule has 6 amide bonds. The summed E-state index contributed by atoms with van der Waals surface area (Å²) in [5.74, 6) is 2.72. The summed E-state index contributed by atoms with van der Waals surface area (Å²) >= 11 is 0. The molecular formula is C46H62N6O6. The molecule has 2 heterocycles. The van der Waals surface area contributed by atoms with Gasteiger partial charge in [0.25, 0.3) is 0 Å². The number of carbonyl (C=O) groups excluding carboxylic acids is 4. The summed E-state index contributed by atoms with van der Waals surface area (Å²) in [5, 5.41) is 33.4. The lowest BCUT2D eigenvalue weighted by atomic mass is 9.48. The summed E-state index contributed by atoms with van der Waals surface area (Å²) < 4.78 is 0. The molecule has 58 heavy (non-hydrogen) atoms. The van der Waals surface area contributed by atoms with E-state index in [-0.39, 0.29) is 59.0 Å². The first-order chi connectivity index (χ1) is 28.0. The van der Waals surface area contributed by atoms with Crippen LogP contribution in [0.1, 0.15) is 89.9 Å². The molecule has 312 valence electrons. The highest BCUT2D eigenvalue weighted by atomic mass is 16.3. The number of benzene rings is 2. The zero-order valence-electron chi connectivity index (χ0n) is 33.7. The molecule has 0 spiro atoms. The standard InChI is InChI=1S/2C23H31N3O3/c2*27-20-16-9-15-10-17(20)13-23(11-15,12-16)21(28)24-19-7-4-8-26(14-19)22(29)25-18-5-2-1-3-6-18/h2*1-3,5-6,15-17,19-20,27H,4,7-14H2,(H,24,28)(H,25,29)/t2*15?,16?,17?,19-,20?,23?/m00/s1. The van der Waals surface area contributed by atoms with Crippen LogP contribution in [0.5, 0.6) is 0 Å². The number of urea groups is 2. The first-order valence-corrected chi connectivity index (χ1v) is 22.2. The molecule has 10 fully saturated rings. The van der Waals surface area contributed by atoms with Gasteiger partial charge in [-0.05, 0) is 150 Å². The Morgan fingerprint density at radius 1 is 0.534 bits per heavy atom. The third-order valence-corrected chi connectivity index (χ3v) is 15.5. The molecule has 12 rings (SSSR count). The predicted molar refractivity (Wildman–Crippen MR) is 220 cm³/mol. The number of anilines is 2. The van der Waals surface area contributed by atoms with Gasteiger partial charge in [-0.2, -0.15) is 0 Å². The van der Waals surface area contributed by atoms with Gasteiger partial charge in [0.1, 0.15) is 0 Å². The van der Waals surface area contributed by atoms with Crippen molar-refractivity contribution >= 4 is 35.3 Å². The Balaban J connectivity index is 0.000000150. The van der Waals surface area contributed by atoms with Crippen molar-refractivity contribution in [3.05, 3.63) is 60.7 Å². The number of piperidine rings is 2. The largest absolute Gasteiger partial charge is 0.393 e. The molecule has 10 aliphatic rings. The Bertz CT molecular complexity index is 1670. The van der Waals surface area contributed by atoms with Crippen LogP contribution in [0, 0.1) is 46.3 Å². The second-order valence-corrected chi connectivity index (χ2v) is 19.6. The lowest BCUT2D eigenvalue weighted by molar-refractivity contribution is -0.164. The highest BCUT2D eigenvalue weighted by Gasteiger charge is 2.59. The molecule has 12 heteroatoms. The normalized spacial score (nSPS) is 38.0. The summed E-state index contributed by atoms with van der Waals surface area (Å²) in [4.78, 5) is 55.5. The van der Waals surface area contributed by atoms with Gasteiger partial charge in [-0.3, -0.25) is 9.59 Å². The SMILES string of the molecule is O=C(Nc1ccccc1)N1CCC[C@H](NC(=O)C23CC4CC(C2)C(O)C(C4)C3)C1.O=C(Nc1ccccc1)N1CCC[C@H](NC(=O)C23CC4CC(C2)C(O)C(C4)C3)C1. The second kappa shape index (κ2) is 16.1. The summed E-state index contributed by atoms with van der Waals surface area (Å²) in [6, 6.07) is 18.8. The molecule has 0 radical (unpaired) electrons. The molecule has 0 aromatic heterocycles. The topological polar surface area (TPSA) is 163 Å². The smallest absolute Gasteiger partial charge is 0.321 e. The summed E-state index contributed by atoms with van der Waals surface area (Å²) in [7, 11) is 0. The van der Waals surface area contributed by atoms with Gasteiger partial charge in [0.2, 0.25) is 11.8 Å². The van der Waals surface area contributed by atoms with E-state index in [9.17, 15) is 29.4 Å². The van der Waals surface area contributed by atoms with E-state index in [0.29, 0.717) is 61.7 Å². The molecule has 2 aromatic carbocycles. The van der Waals surface area contributed by atoms with Crippen LogP contribution >= 0.6 is 0 Å². The van der Waals surface area contributed by atoms with Gasteiger partial charge < -0.3 is 41.3 Å². The molecule has 2 aliphatic heterocycles. The van der Waals surface area contributed by atoms with Crippen LogP contribution in [0.15, 0.2) is 60.7 Å². The summed E-state index contributed by atoms with van der Waals surface area (Å²) in [6.07, 6.45) is 12.8. The zero-order valence-corrected chi connectivity index (χ0v) is 33.7. The molecule has 12 nitrogen and oxygen atoms in total. The van der Waals surface area contributed by atoms with Crippen LogP contribution in [0.3, 0.4) is 0 Å². The maximum Gasteiger partial charge on any atom is 0.321 e. The molecule has 2 saturated heterocycles. The average molecular weight is 795 g/mol. The fourth-order valence-corrected chi connectivity index (χ4v) is 13.2. The number of nitrogens with zero attached hydrogens (tertiary/aromatic N) is 2. The van der Waals surface area contributed by atoms with Gasteiger partial charge in [-0.25, -0.2) is 9.59 Å². The summed E-state index contributed by atoms with van der Waals surface area (Å²) in [6.45, 7) is 2.54. The molecule has 8 bridgehead atoms. The van der Waals surface area contributed by atoms with E-state index in [2.05, 4.69) is 21.3 Å². The van der Waals surface area contributed by atoms with Crippen molar-refractivity contribution in [3.63, 3.8) is 0 Å². The van der Waals surface area contributed by atoms with Crippen molar-refractivity contribution in [1.82, 2.24) is 20.4 Å². The minimum absolute atomic E-state index is 0.00991. The van der Waals surface area contributed by atoms with E-state index < -0.39 is 0 Å². The van der Waals surface area contributed by atoms with Gasteiger partial charge in [0, 0.05) is 49.6 Å². The summed E-state index contributed by atoms with van der Waals surface area (Å²) in [5.41, 5.74) is 1.00. The Labute approximate surface area is 342 Å². The average Bonchev–Trinajstić information content (AvgIpc) is 3.22. The number of amides is 6. The first-order valence-electron chi connectivity index (χ1n) is 22.2. The highest BCUT2D eigenvalue weighted by Crippen LogP contribution is 2.61. The number of hydrogen-bond donors (Lipinski definition) is 6.